The Balaban J connectivity index is 2.46. The van der Waals surface area contributed by atoms with Crippen molar-refractivity contribution in [2.24, 2.45) is 0 Å². The third-order valence-corrected chi connectivity index (χ3v) is 2.43. The van der Waals surface area contributed by atoms with Gasteiger partial charge in [0.1, 0.15) is 0 Å². The number of nitrogens with one attached hydrogen (secondary N) is 2. The number of rotatable bonds is 4. The maximum Gasteiger partial charge on any atom is 0.237 e. The molecular weight excluding hydrogens is 226 g/mol. The lowest BCUT2D eigenvalue weighted by atomic mass is 10.1. The second-order valence-corrected chi connectivity index (χ2v) is 5.61. The molecule has 1 aromatic heterocycles. The van der Waals surface area contributed by atoms with E-state index in [1.807, 2.05) is 52.8 Å². The first-order chi connectivity index (χ1) is 8.28. The van der Waals surface area contributed by atoms with Crippen molar-refractivity contribution >= 4 is 5.91 Å². The second-order valence-electron chi connectivity index (χ2n) is 5.61. The highest BCUT2D eigenvalue weighted by atomic mass is 16.2. The van der Waals surface area contributed by atoms with Crippen LogP contribution in [0.2, 0.25) is 0 Å². The van der Waals surface area contributed by atoms with Gasteiger partial charge in [0, 0.05) is 17.8 Å². The smallest absolute Gasteiger partial charge is 0.237 e. The molecule has 4 nitrogen and oxygen atoms in total. The largest absolute Gasteiger partial charge is 0.350 e. The van der Waals surface area contributed by atoms with Crippen LogP contribution in [-0.4, -0.2) is 22.5 Å². The van der Waals surface area contributed by atoms with E-state index in [0.29, 0.717) is 6.54 Å². The van der Waals surface area contributed by atoms with Crippen molar-refractivity contribution in [3.05, 3.63) is 29.6 Å². The summed E-state index contributed by atoms with van der Waals surface area (Å²) in [7, 11) is 0. The van der Waals surface area contributed by atoms with Crippen LogP contribution in [0, 0.1) is 6.92 Å². The topological polar surface area (TPSA) is 54.0 Å². The molecule has 1 heterocycles. The van der Waals surface area contributed by atoms with Crippen molar-refractivity contribution in [1.29, 1.82) is 0 Å². The maximum absolute atomic E-state index is 11.9. The third kappa shape index (κ3) is 5.27. The van der Waals surface area contributed by atoms with E-state index in [1.165, 1.54) is 0 Å². The molecular formula is C14H23N3O. The molecule has 0 bridgehead atoms. The van der Waals surface area contributed by atoms with Crippen molar-refractivity contribution < 1.29 is 4.79 Å². The minimum Gasteiger partial charge on any atom is -0.350 e. The van der Waals surface area contributed by atoms with Gasteiger partial charge in [0.2, 0.25) is 5.91 Å². The van der Waals surface area contributed by atoms with Crippen LogP contribution in [0.4, 0.5) is 0 Å². The molecule has 2 N–H and O–H groups in total. The van der Waals surface area contributed by atoms with E-state index in [2.05, 4.69) is 15.6 Å². The van der Waals surface area contributed by atoms with Crippen molar-refractivity contribution in [3.8, 4) is 0 Å². The number of hydrogen-bond donors (Lipinski definition) is 2. The molecule has 1 unspecified atom stereocenters. The van der Waals surface area contributed by atoms with Crippen LogP contribution in [0.25, 0.3) is 0 Å². The Kier molecular flexibility index (Phi) is 4.84. The van der Waals surface area contributed by atoms with E-state index in [0.717, 1.165) is 11.4 Å². The Morgan fingerprint density at radius 3 is 2.61 bits per heavy atom. The van der Waals surface area contributed by atoms with Crippen LogP contribution in [0.1, 0.15) is 39.1 Å². The molecule has 1 amide bonds. The maximum atomic E-state index is 11.9. The first kappa shape index (κ1) is 14.6. The van der Waals surface area contributed by atoms with Crippen LogP contribution in [0.3, 0.4) is 0 Å². The second kappa shape index (κ2) is 5.96. The number of hydrogen-bond acceptors (Lipinski definition) is 3. The molecule has 0 aliphatic rings. The summed E-state index contributed by atoms with van der Waals surface area (Å²) >= 11 is 0. The van der Waals surface area contributed by atoms with Crippen molar-refractivity contribution in [2.75, 3.05) is 0 Å². The van der Waals surface area contributed by atoms with Crippen molar-refractivity contribution in [2.45, 2.75) is 52.7 Å². The molecule has 4 heteroatoms. The number of amides is 1. The van der Waals surface area contributed by atoms with E-state index in [1.54, 1.807) is 0 Å². The Bertz CT molecular complexity index is 410. The number of aryl methyl sites for hydroxylation is 1. The summed E-state index contributed by atoms with van der Waals surface area (Å²) in [6, 6.07) is 5.65. The van der Waals surface area contributed by atoms with E-state index < -0.39 is 0 Å². The first-order valence-corrected chi connectivity index (χ1v) is 6.26. The standard InChI is InChI=1S/C14H23N3O/c1-10-7-6-8-12(16-10)9-15-11(2)13(18)17-14(3,4)5/h6-8,11,15H,9H2,1-5H3,(H,17,18). The molecule has 18 heavy (non-hydrogen) atoms. The minimum absolute atomic E-state index is 0.00940. The van der Waals surface area contributed by atoms with E-state index in [9.17, 15) is 4.79 Å². The van der Waals surface area contributed by atoms with Crippen molar-refractivity contribution in [1.82, 2.24) is 15.6 Å². The predicted molar refractivity (Wildman–Crippen MR) is 73.2 cm³/mol. The summed E-state index contributed by atoms with van der Waals surface area (Å²) in [5.41, 5.74) is 1.74. The van der Waals surface area contributed by atoms with Crippen LogP contribution < -0.4 is 10.6 Å². The zero-order valence-corrected chi connectivity index (χ0v) is 11.9. The van der Waals surface area contributed by atoms with E-state index in [4.69, 9.17) is 0 Å². The zero-order valence-electron chi connectivity index (χ0n) is 11.9. The van der Waals surface area contributed by atoms with E-state index in [-0.39, 0.29) is 17.5 Å². The van der Waals surface area contributed by atoms with Crippen molar-refractivity contribution in [3.63, 3.8) is 0 Å². The van der Waals surface area contributed by atoms with Gasteiger partial charge in [0.05, 0.1) is 11.7 Å². The van der Waals surface area contributed by atoms with Gasteiger partial charge < -0.3 is 10.6 Å². The average molecular weight is 249 g/mol. The number of nitrogens with zero attached hydrogens (tertiary/aromatic N) is 1. The lowest BCUT2D eigenvalue weighted by Crippen LogP contribution is -2.49. The average Bonchev–Trinajstić information content (AvgIpc) is 2.23. The molecule has 0 aliphatic carbocycles. The molecule has 0 aromatic carbocycles. The van der Waals surface area contributed by atoms with Gasteiger partial charge in [-0.25, -0.2) is 0 Å². The van der Waals surface area contributed by atoms with Gasteiger partial charge in [-0.2, -0.15) is 0 Å². The van der Waals surface area contributed by atoms with Crippen LogP contribution in [-0.2, 0) is 11.3 Å². The molecule has 0 aliphatic heterocycles. The number of carbonyl (C=O) groups is 1. The molecule has 0 fully saturated rings. The highest BCUT2D eigenvalue weighted by Gasteiger charge is 2.18. The quantitative estimate of drug-likeness (QED) is 0.855. The number of aromatic nitrogens is 1. The fourth-order valence-electron chi connectivity index (χ4n) is 1.53. The summed E-state index contributed by atoms with van der Waals surface area (Å²) in [6.45, 7) is 10.3. The Morgan fingerprint density at radius 2 is 2.06 bits per heavy atom. The normalized spacial score (nSPS) is 13.2. The Hall–Kier alpha value is -1.42. The highest BCUT2D eigenvalue weighted by molar-refractivity contribution is 5.81. The summed E-state index contributed by atoms with van der Waals surface area (Å²) in [4.78, 5) is 16.2. The minimum atomic E-state index is -0.230. The van der Waals surface area contributed by atoms with Gasteiger partial charge in [-0.05, 0) is 46.8 Å². The fraction of sp³-hybridized carbons (Fsp3) is 0.571. The molecule has 0 saturated carbocycles. The fourth-order valence-corrected chi connectivity index (χ4v) is 1.53. The summed E-state index contributed by atoms with van der Waals surface area (Å²) in [5, 5.41) is 6.12. The third-order valence-electron chi connectivity index (χ3n) is 2.43. The SMILES string of the molecule is Cc1cccc(CNC(C)C(=O)NC(C)(C)C)n1. The van der Waals surface area contributed by atoms with Crippen LogP contribution in [0.5, 0.6) is 0 Å². The summed E-state index contributed by atoms with van der Waals surface area (Å²) in [6.07, 6.45) is 0. The molecule has 100 valence electrons. The monoisotopic (exact) mass is 249 g/mol. The summed E-state index contributed by atoms with van der Waals surface area (Å²) in [5.74, 6) is 0.00940. The van der Waals surface area contributed by atoms with Gasteiger partial charge in [-0.1, -0.05) is 6.07 Å². The first-order valence-electron chi connectivity index (χ1n) is 6.26. The lowest BCUT2D eigenvalue weighted by molar-refractivity contribution is -0.124. The van der Waals surface area contributed by atoms with Gasteiger partial charge in [-0.15, -0.1) is 0 Å². The van der Waals surface area contributed by atoms with Crippen LogP contribution in [0.15, 0.2) is 18.2 Å². The lowest BCUT2D eigenvalue weighted by Gasteiger charge is -2.23. The van der Waals surface area contributed by atoms with Gasteiger partial charge in [-0.3, -0.25) is 9.78 Å². The number of pyridine rings is 1. The summed E-state index contributed by atoms with van der Waals surface area (Å²) < 4.78 is 0. The molecule has 1 aromatic rings. The molecule has 0 spiro atoms. The van der Waals surface area contributed by atoms with E-state index >= 15 is 0 Å². The van der Waals surface area contributed by atoms with Gasteiger partial charge in [0.25, 0.3) is 0 Å². The zero-order chi connectivity index (χ0) is 13.8. The molecule has 1 atom stereocenters. The van der Waals surface area contributed by atoms with Gasteiger partial charge in [0.15, 0.2) is 0 Å². The van der Waals surface area contributed by atoms with Crippen LogP contribution >= 0.6 is 0 Å². The Labute approximate surface area is 109 Å². The predicted octanol–water partition coefficient (Wildman–Crippen LogP) is 1.78. The number of carbonyl (C=O) groups excluding carboxylic acids is 1. The molecule has 0 radical (unpaired) electrons. The molecule has 0 saturated heterocycles. The Morgan fingerprint density at radius 1 is 1.39 bits per heavy atom. The highest BCUT2D eigenvalue weighted by Crippen LogP contribution is 2.01. The molecule has 1 rings (SSSR count). The van der Waals surface area contributed by atoms with Gasteiger partial charge >= 0.3 is 0 Å².